The highest BCUT2D eigenvalue weighted by Crippen LogP contribution is 2.15. The number of hydrogen-bond acceptors (Lipinski definition) is 4. The molecular formula is C8H5BrN2O2. The molecule has 0 fully saturated rings. The van der Waals surface area contributed by atoms with Crippen LogP contribution in [-0.2, 0) is 4.74 Å². The first-order valence-corrected chi connectivity index (χ1v) is 4.12. The second-order valence-electron chi connectivity index (χ2n) is 2.15. The maximum absolute atomic E-state index is 11.0. The molecule has 1 rings (SSSR count). The van der Waals surface area contributed by atoms with Crippen molar-refractivity contribution in [2.45, 2.75) is 0 Å². The Morgan fingerprint density at radius 3 is 3.00 bits per heavy atom. The van der Waals surface area contributed by atoms with Gasteiger partial charge in [-0.1, -0.05) is 0 Å². The minimum absolute atomic E-state index is 0.127. The summed E-state index contributed by atoms with van der Waals surface area (Å²) in [4.78, 5) is 14.8. The summed E-state index contributed by atoms with van der Waals surface area (Å²) in [6, 6.07) is 3.29. The van der Waals surface area contributed by atoms with Crippen LogP contribution < -0.4 is 0 Å². The number of aromatic nitrogens is 1. The van der Waals surface area contributed by atoms with Crippen LogP contribution in [0.25, 0.3) is 0 Å². The van der Waals surface area contributed by atoms with Gasteiger partial charge in [-0.25, -0.2) is 9.78 Å². The third-order valence-corrected chi connectivity index (χ3v) is 2.00. The third-order valence-electron chi connectivity index (χ3n) is 1.37. The van der Waals surface area contributed by atoms with Gasteiger partial charge in [-0.05, 0) is 22.0 Å². The standard InChI is InChI=1S/C8H5BrN2O2/c1-13-8(12)7-2-5(3-10)6(9)4-11-7/h2,4H,1H3. The lowest BCUT2D eigenvalue weighted by Crippen LogP contribution is -2.04. The van der Waals surface area contributed by atoms with Crippen LogP contribution in [0.4, 0.5) is 0 Å². The van der Waals surface area contributed by atoms with Crippen molar-refractivity contribution in [2.24, 2.45) is 0 Å². The lowest BCUT2D eigenvalue weighted by Gasteiger charge is -1.99. The van der Waals surface area contributed by atoms with Crippen LogP contribution >= 0.6 is 15.9 Å². The molecule has 5 heteroatoms. The molecule has 0 aliphatic rings. The van der Waals surface area contributed by atoms with Gasteiger partial charge < -0.3 is 4.74 Å². The molecule has 4 nitrogen and oxygen atoms in total. The maximum atomic E-state index is 11.0. The predicted octanol–water partition coefficient (Wildman–Crippen LogP) is 1.50. The van der Waals surface area contributed by atoms with Crippen molar-refractivity contribution >= 4 is 21.9 Å². The highest BCUT2D eigenvalue weighted by atomic mass is 79.9. The zero-order valence-corrected chi connectivity index (χ0v) is 8.33. The van der Waals surface area contributed by atoms with Gasteiger partial charge in [0.1, 0.15) is 11.8 Å². The molecule has 0 amide bonds. The van der Waals surface area contributed by atoms with Gasteiger partial charge in [0.2, 0.25) is 0 Å². The number of carbonyl (C=O) groups is 1. The minimum atomic E-state index is -0.552. The van der Waals surface area contributed by atoms with Gasteiger partial charge in [0.05, 0.1) is 17.1 Å². The average Bonchev–Trinajstić information content (AvgIpc) is 2.17. The molecule has 0 aromatic carbocycles. The molecule has 0 saturated heterocycles. The van der Waals surface area contributed by atoms with E-state index < -0.39 is 5.97 Å². The van der Waals surface area contributed by atoms with Gasteiger partial charge in [0.25, 0.3) is 0 Å². The van der Waals surface area contributed by atoms with Gasteiger partial charge >= 0.3 is 5.97 Å². The third kappa shape index (κ3) is 2.04. The first kappa shape index (κ1) is 9.68. The van der Waals surface area contributed by atoms with E-state index in [9.17, 15) is 4.79 Å². The molecule has 66 valence electrons. The summed E-state index contributed by atoms with van der Waals surface area (Å²) in [5.74, 6) is -0.552. The number of carbonyl (C=O) groups excluding carboxylic acids is 1. The van der Waals surface area contributed by atoms with E-state index in [1.807, 2.05) is 6.07 Å². The molecule has 0 aliphatic carbocycles. The van der Waals surface area contributed by atoms with E-state index in [4.69, 9.17) is 5.26 Å². The normalized spacial score (nSPS) is 9.00. The number of nitrogens with zero attached hydrogens (tertiary/aromatic N) is 2. The highest BCUT2D eigenvalue weighted by Gasteiger charge is 2.09. The van der Waals surface area contributed by atoms with Crippen LogP contribution in [0, 0.1) is 11.3 Å². The molecule has 1 aromatic heterocycles. The fourth-order valence-electron chi connectivity index (χ4n) is 0.741. The molecule has 0 spiro atoms. The molecular weight excluding hydrogens is 236 g/mol. The van der Waals surface area contributed by atoms with Gasteiger partial charge in [-0.15, -0.1) is 0 Å². The monoisotopic (exact) mass is 240 g/mol. The lowest BCUT2D eigenvalue weighted by atomic mass is 10.2. The summed E-state index contributed by atoms with van der Waals surface area (Å²) in [5.41, 5.74) is 0.484. The van der Waals surface area contributed by atoms with Gasteiger partial charge in [0, 0.05) is 6.20 Å². The number of hydrogen-bond donors (Lipinski definition) is 0. The maximum Gasteiger partial charge on any atom is 0.356 e. The summed E-state index contributed by atoms with van der Waals surface area (Å²) in [7, 11) is 1.26. The Hall–Kier alpha value is -1.41. The predicted molar refractivity (Wildman–Crippen MR) is 48.0 cm³/mol. The molecule has 0 saturated carbocycles. The second-order valence-corrected chi connectivity index (χ2v) is 3.01. The SMILES string of the molecule is COC(=O)c1cc(C#N)c(Br)cn1. The fraction of sp³-hybridized carbons (Fsp3) is 0.125. The van der Waals surface area contributed by atoms with E-state index in [1.54, 1.807) is 0 Å². The van der Waals surface area contributed by atoms with Gasteiger partial charge in [-0.2, -0.15) is 5.26 Å². The van der Waals surface area contributed by atoms with Crippen LogP contribution in [0.5, 0.6) is 0 Å². The van der Waals surface area contributed by atoms with E-state index in [0.29, 0.717) is 10.0 Å². The molecule has 0 N–H and O–H groups in total. The van der Waals surface area contributed by atoms with Crippen molar-refractivity contribution in [3.05, 3.63) is 28.0 Å². The summed E-state index contributed by atoms with van der Waals surface area (Å²) < 4.78 is 5.01. The topological polar surface area (TPSA) is 63.0 Å². The van der Waals surface area contributed by atoms with Crippen molar-refractivity contribution in [3.63, 3.8) is 0 Å². The Morgan fingerprint density at radius 1 is 1.77 bits per heavy atom. The largest absolute Gasteiger partial charge is 0.464 e. The Bertz CT molecular complexity index is 384. The van der Waals surface area contributed by atoms with Gasteiger partial charge in [-0.3, -0.25) is 0 Å². The van der Waals surface area contributed by atoms with E-state index in [-0.39, 0.29) is 5.69 Å². The van der Waals surface area contributed by atoms with Crippen LogP contribution in [-0.4, -0.2) is 18.1 Å². The number of pyridine rings is 1. The van der Waals surface area contributed by atoms with Crippen LogP contribution in [0.3, 0.4) is 0 Å². The van der Waals surface area contributed by atoms with E-state index in [0.717, 1.165) is 0 Å². The molecule has 13 heavy (non-hydrogen) atoms. The van der Waals surface area contributed by atoms with Crippen molar-refractivity contribution in [1.29, 1.82) is 5.26 Å². The first-order valence-electron chi connectivity index (χ1n) is 3.33. The lowest BCUT2D eigenvalue weighted by molar-refractivity contribution is 0.0594. The first-order chi connectivity index (χ1) is 6.19. The van der Waals surface area contributed by atoms with E-state index in [2.05, 4.69) is 25.7 Å². The summed E-state index contributed by atoms with van der Waals surface area (Å²) in [6.07, 6.45) is 1.39. The van der Waals surface area contributed by atoms with Crippen molar-refractivity contribution in [1.82, 2.24) is 4.98 Å². The molecule has 1 aromatic rings. The fourth-order valence-corrected chi connectivity index (χ4v) is 1.05. The Morgan fingerprint density at radius 2 is 2.46 bits per heavy atom. The number of nitriles is 1. The van der Waals surface area contributed by atoms with Gasteiger partial charge in [0.15, 0.2) is 0 Å². The van der Waals surface area contributed by atoms with E-state index >= 15 is 0 Å². The Kier molecular flexibility index (Phi) is 2.98. The van der Waals surface area contributed by atoms with Crippen molar-refractivity contribution in [2.75, 3.05) is 7.11 Å². The van der Waals surface area contributed by atoms with Crippen LogP contribution in [0.1, 0.15) is 16.1 Å². The number of methoxy groups -OCH3 is 1. The highest BCUT2D eigenvalue weighted by molar-refractivity contribution is 9.10. The van der Waals surface area contributed by atoms with Crippen molar-refractivity contribution in [3.8, 4) is 6.07 Å². The number of esters is 1. The summed E-state index contributed by atoms with van der Waals surface area (Å²) >= 11 is 3.12. The molecule has 0 aliphatic heterocycles. The Balaban J connectivity index is 3.15. The van der Waals surface area contributed by atoms with Crippen LogP contribution in [0.2, 0.25) is 0 Å². The Labute approximate surface area is 83.3 Å². The zero-order chi connectivity index (χ0) is 9.84. The molecule has 0 bridgehead atoms. The minimum Gasteiger partial charge on any atom is -0.464 e. The summed E-state index contributed by atoms with van der Waals surface area (Å²) in [5, 5.41) is 8.64. The second kappa shape index (κ2) is 4.01. The van der Waals surface area contributed by atoms with E-state index in [1.165, 1.54) is 19.4 Å². The van der Waals surface area contributed by atoms with Crippen molar-refractivity contribution < 1.29 is 9.53 Å². The molecule has 0 unspecified atom stereocenters. The quantitative estimate of drug-likeness (QED) is 0.699. The van der Waals surface area contributed by atoms with Crippen LogP contribution in [0.15, 0.2) is 16.7 Å². The number of halogens is 1. The average molecular weight is 241 g/mol. The smallest absolute Gasteiger partial charge is 0.356 e. The summed E-state index contributed by atoms with van der Waals surface area (Å²) in [6.45, 7) is 0. The molecule has 1 heterocycles. The number of rotatable bonds is 1. The molecule has 0 radical (unpaired) electrons. The number of ether oxygens (including phenoxy) is 1. The molecule has 0 atom stereocenters. The zero-order valence-electron chi connectivity index (χ0n) is 6.74.